The Bertz CT molecular complexity index is 557. The number of anilines is 1. The second-order valence-electron chi connectivity index (χ2n) is 5.26. The van der Waals surface area contributed by atoms with Crippen LogP contribution in [0.3, 0.4) is 0 Å². The molecule has 0 radical (unpaired) electrons. The normalized spacial score (nSPS) is 14.9. The second-order valence-corrected chi connectivity index (χ2v) is 5.26. The summed E-state index contributed by atoms with van der Waals surface area (Å²) in [4.78, 5) is 6.71. The Kier molecular flexibility index (Phi) is 3.97. The molecule has 0 bridgehead atoms. The molecule has 1 N–H and O–H groups in total. The third-order valence-corrected chi connectivity index (χ3v) is 3.68. The van der Waals surface area contributed by atoms with Gasteiger partial charge in [-0.05, 0) is 24.5 Å². The van der Waals surface area contributed by atoms with E-state index in [0.717, 1.165) is 12.4 Å². The minimum Gasteiger partial charge on any atom is -0.371 e. The minimum atomic E-state index is 0.704. The quantitative estimate of drug-likeness (QED) is 0.899. The lowest BCUT2D eigenvalue weighted by molar-refractivity contribution is 0.648. The van der Waals surface area contributed by atoms with Crippen LogP contribution in [0.5, 0.6) is 0 Å². The van der Waals surface area contributed by atoms with Gasteiger partial charge in [-0.15, -0.1) is 0 Å². The van der Waals surface area contributed by atoms with Gasteiger partial charge >= 0.3 is 0 Å². The molecule has 3 rings (SSSR count). The average Bonchev–Trinajstić information content (AvgIpc) is 3.11. The van der Waals surface area contributed by atoms with E-state index in [-0.39, 0.29) is 0 Å². The number of hydrogen-bond acceptors (Lipinski definition) is 4. The molecule has 0 unspecified atom stereocenters. The van der Waals surface area contributed by atoms with Crippen LogP contribution in [-0.4, -0.2) is 27.9 Å². The van der Waals surface area contributed by atoms with Gasteiger partial charge in [-0.1, -0.05) is 18.2 Å². The number of hydrogen-bond donors (Lipinski definition) is 1. The highest BCUT2D eigenvalue weighted by atomic mass is 15.3. The summed E-state index contributed by atoms with van der Waals surface area (Å²) in [7, 11) is 1.89. The molecule has 1 aromatic heterocycles. The molecule has 0 spiro atoms. The highest BCUT2D eigenvalue weighted by molar-refractivity contribution is 5.54. The van der Waals surface area contributed by atoms with Crippen molar-refractivity contribution in [3.05, 3.63) is 42.0 Å². The van der Waals surface area contributed by atoms with Crippen LogP contribution in [0, 0.1) is 0 Å². The largest absolute Gasteiger partial charge is 0.371 e. The summed E-state index contributed by atoms with van der Waals surface area (Å²) in [5, 5.41) is 7.70. The minimum absolute atomic E-state index is 0.704. The average molecular weight is 271 g/mol. The predicted octanol–water partition coefficient (Wildman–Crippen LogP) is 1.71. The Hall–Kier alpha value is -1.88. The van der Waals surface area contributed by atoms with Crippen LogP contribution in [0.1, 0.15) is 24.2 Å². The van der Waals surface area contributed by atoms with E-state index in [4.69, 9.17) is 0 Å². The van der Waals surface area contributed by atoms with Crippen LogP contribution in [-0.2, 0) is 20.1 Å². The summed E-state index contributed by atoms with van der Waals surface area (Å²) in [5.74, 6) is 0.839. The van der Waals surface area contributed by atoms with Crippen molar-refractivity contribution in [2.24, 2.45) is 7.05 Å². The maximum Gasteiger partial charge on any atom is 0.164 e. The fourth-order valence-electron chi connectivity index (χ4n) is 2.70. The van der Waals surface area contributed by atoms with Crippen molar-refractivity contribution in [2.45, 2.75) is 25.9 Å². The Morgan fingerprint density at radius 1 is 1.15 bits per heavy atom. The van der Waals surface area contributed by atoms with Crippen LogP contribution < -0.4 is 10.2 Å². The van der Waals surface area contributed by atoms with Crippen molar-refractivity contribution in [3.8, 4) is 0 Å². The molecule has 5 nitrogen and oxygen atoms in total. The van der Waals surface area contributed by atoms with E-state index in [0.29, 0.717) is 6.54 Å². The Morgan fingerprint density at radius 3 is 2.70 bits per heavy atom. The zero-order chi connectivity index (χ0) is 13.8. The zero-order valence-electron chi connectivity index (χ0n) is 11.9. The second kappa shape index (κ2) is 6.05. The summed E-state index contributed by atoms with van der Waals surface area (Å²) in [6, 6.07) is 8.65. The number of benzene rings is 1. The van der Waals surface area contributed by atoms with Gasteiger partial charge in [0.15, 0.2) is 5.82 Å². The first-order valence-electron chi connectivity index (χ1n) is 7.21. The lowest BCUT2D eigenvalue weighted by Gasteiger charge is -2.21. The standard InChI is InChI=1S/C15H21N5/c1-19-12-17-15(18-19)11-16-10-13-6-2-3-7-14(13)20-8-4-5-9-20/h2-3,6-7,12,16H,4-5,8-11H2,1H3. The van der Waals surface area contributed by atoms with Crippen molar-refractivity contribution in [1.82, 2.24) is 20.1 Å². The van der Waals surface area contributed by atoms with E-state index in [9.17, 15) is 0 Å². The number of para-hydroxylation sites is 1. The molecule has 20 heavy (non-hydrogen) atoms. The highest BCUT2D eigenvalue weighted by Crippen LogP contribution is 2.24. The SMILES string of the molecule is Cn1cnc(CNCc2ccccc2N2CCCC2)n1. The fourth-order valence-corrected chi connectivity index (χ4v) is 2.70. The van der Waals surface area contributed by atoms with E-state index in [1.807, 2.05) is 7.05 Å². The molecule has 0 saturated carbocycles. The molecule has 106 valence electrons. The van der Waals surface area contributed by atoms with Crippen LogP contribution in [0.25, 0.3) is 0 Å². The molecular weight excluding hydrogens is 250 g/mol. The van der Waals surface area contributed by atoms with E-state index in [1.54, 1.807) is 11.0 Å². The molecular formula is C15H21N5. The number of nitrogens with zero attached hydrogens (tertiary/aromatic N) is 4. The molecule has 2 heterocycles. The number of aryl methyl sites for hydroxylation is 1. The molecule has 1 aliphatic rings. The monoisotopic (exact) mass is 271 g/mol. The maximum absolute atomic E-state index is 4.27. The molecule has 0 amide bonds. The first-order valence-corrected chi connectivity index (χ1v) is 7.21. The summed E-state index contributed by atoms with van der Waals surface area (Å²) >= 11 is 0. The van der Waals surface area contributed by atoms with Crippen molar-refractivity contribution >= 4 is 5.69 Å². The van der Waals surface area contributed by atoms with E-state index in [1.165, 1.54) is 37.2 Å². The van der Waals surface area contributed by atoms with Crippen molar-refractivity contribution in [2.75, 3.05) is 18.0 Å². The summed E-state index contributed by atoms with van der Waals surface area (Å²) < 4.78 is 1.73. The number of rotatable bonds is 5. The molecule has 0 atom stereocenters. The van der Waals surface area contributed by atoms with Gasteiger partial charge in [0.05, 0.1) is 6.54 Å². The third-order valence-electron chi connectivity index (χ3n) is 3.68. The summed E-state index contributed by atoms with van der Waals surface area (Å²) in [6.07, 6.45) is 4.34. The first-order chi connectivity index (χ1) is 9.83. The van der Waals surface area contributed by atoms with Gasteiger partial charge in [0.2, 0.25) is 0 Å². The topological polar surface area (TPSA) is 46.0 Å². The predicted molar refractivity (Wildman–Crippen MR) is 79.4 cm³/mol. The lowest BCUT2D eigenvalue weighted by atomic mass is 10.1. The molecule has 1 aromatic carbocycles. The molecule has 1 aliphatic heterocycles. The summed E-state index contributed by atoms with van der Waals surface area (Å²) in [6.45, 7) is 3.91. The van der Waals surface area contributed by atoms with E-state index in [2.05, 4.69) is 44.6 Å². The lowest BCUT2D eigenvalue weighted by Crippen LogP contribution is -2.21. The third kappa shape index (κ3) is 2.99. The zero-order valence-corrected chi connectivity index (χ0v) is 11.9. The van der Waals surface area contributed by atoms with E-state index >= 15 is 0 Å². The van der Waals surface area contributed by atoms with Gasteiger partial charge in [0.25, 0.3) is 0 Å². The molecule has 2 aromatic rings. The number of nitrogens with one attached hydrogen (secondary N) is 1. The van der Waals surface area contributed by atoms with Crippen LogP contribution in [0.2, 0.25) is 0 Å². The van der Waals surface area contributed by atoms with Gasteiger partial charge < -0.3 is 10.2 Å². The molecule has 5 heteroatoms. The van der Waals surface area contributed by atoms with Gasteiger partial charge in [-0.2, -0.15) is 5.10 Å². The maximum atomic E-state index is 4.27. The van der Waals surface area contributed by atoms with Crippen molar-refractivity contribution in [3.63, 3.8) is 0 Å². The van der Waals surface area contributed by atoms with Gasteiger partial charge in [-0.25, -0.2) is 4.98 Å². The highest BCUT2D eigenvalue weighted by Gasteiger charge is 2.14. The van der Waals surface area contributed by atoms with Gasteiger partial charge in [0, 0.05) is 32.4 Å². The van der Waals surface area contributed by atoms with Gasteiger partial charge in [0.1, 0.15) is 6.33 Å². The first kappa shape index (κ1) is 13.1. The van der Waals surface area contributed by atoms with Gasteiger partial charge in [-0.3, -0.25) is 4.68 Å². The Morgan fingerprint density at radius 2 is 1.95 bits per heavy atom. The molecule has 0 aliphatic carbocycles. The van der Waals surface area contributed by atoms with E-state index < -0.39 is 0 Å². The summed E-state index contributed by atoms with van der Waals surface area (Å²) in [5.41, 5.74) is 2.72. The molecule has 1 saturated heterocycles. The van der Waals surface area contributed by atoms with Crippen LogP contribution in [0.15, 0.2) is 30.6 Å². The molecule has 1 fully saturated rings. The smallest absolute Gasteiger partial charge is 0.164 e. The van der Waals surface area contributed by atoms with Crippen molar-refractivity contribution < 1.29 is 0 Å². The fraction of sp³-hybridized carbons (Fsp3) is 0.467. The van der Waals surface area contributed by atoms with Crippen molar-refractivity contribution in [1.29, 1.82) is 0 Å². The Balaban J connectivity index is 1.62. The Labute approximate surface area is 119 Å². The number of aromatic nitrogens is 3. The van der Waals surface area contributed by atoms with Crippen LogP contribution in [0.4, 0.5) is 5.69 Å². The van der Waals surface area contributed by atoms with Crippen LogP contribution >= 0.6 is 0 Å².